The van der Waals surface area contributed by atoms with Crippen molar-refractivity contribution in [3.63, 3.8) is 0 Å². The molecule has 0 aromatic rings. The molecule has 14 heavy (non-hydrogen) atoms. The molecule has 1 saturated heterocycles. The third-order valence-corrected chi connectivity index (χ3v) is 1.85. The van der Waals surface area contributed by atoms with Crippen LogP contribution in [0.4, 0.5) is 0 Å². The van der Waals surface area contributed by atoms with Gasteiger partial charge in [-0.3, -0.25) is 0 Å². The smallest absolute Gasteiger partial charge is 0.335 e. The summed E-state index contributed by atoms with van der Waals surface area (Å²) in [6.07, 6.45) is 1.03. The quantitative estimate of drug-likeness (QED) is 0.393. The van der Waals surface area contributed by atoms with Crippen molar-refractivity contribution in [2.24, 2.45) is 0 Å². The van der Waals surface area contributed by atoms with Crippen LogP contribution >= 0.6 is 0 Å². The van der Waals surface area contributed by atoms with Gasteiger partial charge in [-0.25, -0.2) is 4.79 Å². The van der Waals surface area contributed by atoms with Crippen molar-refractivity contribution in [1.29, 1.82) is 0 Å². The van der Waals surface area contributed by atoms with Crippen molar-refractivity contribution < 1.29 is 19.0 Å². The molecule has 0 amide bonds. The van der Waals surface area contributed by atoms with Crippen molar-refractivity contribution in [2.45, 2.75) is 39.3 Å². The van der Waals surface area contributed by atoms with Crippen molar-refractivity contribution in [2.75, 3.05) is 6.61 Å². The van der Waals surface area contributed by atoms with Crippen LogP contribution in [0, 0.1) is 0 Å². The molecular weight excluding hydrogens is 184 g/mol. The van der Waals surface area contributed by atoms with Crippen molar-refractivity contribution >= 4 is 5.97 Å². The number of ether oxygens (including phenoxy) is 3. The molecule has 0 aromatic heterocycles. The highest BCUT2D eigenvalue weighted by Gasteiger charge is 2.20. The van der Waals surface area contributed by atoms with Crippen LogP contribution < -0.4 is 0 Å². The normalized spacial score (nSPS) is 23.1. The van der Waals surface area contributed by atoms with Crippen LogP contribution in [0.25, 0.3) is 0 Å². The van der Waals surface area contributed by atoms with Gasteiger partial charge in [-0.15, -0.1) is 0 Å². The summed E-state index contributed by atoms with van der Waals surface area (Å²) in [5.74, 6) is -0.435. The Labute approximate surface area is 83.8 Å². The van der Waals surface area contributed by atoms with Gasteiger partial charge in [0.25, 0.3) is 0 Å². The minimum absolute atomic E-state index is 0.233. The Kier molecular flexibility index (Phi) is 4.10. The van der Waals surface area contributed by atoms with Crippen LogP contribution in [0.1, 0.15) is 26.7 Å². The van der Waals surface area contributed by atoms with Gasteiger partial charge in [-0.1, -0.05) is 6.58 Å². The van der Waals surface area contributed by atoms with Crippen molar-refractivity contribution in [1.82, 2.24) is 0 Å². The molecule has 0 spiro atoms. The molecule has 4 heteroatoms. The van der Waals surface area contributed by atoms with E-state index >= 15 is 0 Å². The lowest BCUT2D eigenvalue weighted by Crippen LogP contribution is -2.24. The topological polar surface area (TPSA) is 44.8 Å². The zero-order valence-corrected chi connectivity index (χ0v) is 8.62. The molecule has 2 atom stereocenters. The van der Waals surface area contributed by atoms with Gasteiger partial charge in [-0.2, -0.15) is 0 Å². The molecule has 1 fully saturated rings. The van der Waals surface area contributed by atoms with Gasteiger partial charge in [0.05, 0.1) is 0 Å². The van der Waals surface area contributed by atoms with E-state index in [0.717, 1.165) is 12.8 Å². The van der Waals surface area contributed by atoms with Gasteiger partial charge in [-0.05, 0) is 20.3 Å². The molecule has 0 aromatic carbocycles. The summed E-state index contributed by atoms with van der Waals surface area (Å²) in [6, 6.07) is 0. The number of carbonyl (C=O) groups excluding carboxylic acids is 1. The van der Waals surface area contributed by atoms with E-state index in [-0.39, 0.29) is 6.29 Å². The summed E-state index contributed by atoms with van der Waals surface area (Å²) in [5, 5.41) is 0. The second kappa shape index (κ2) is 5.12. The molecule has 1 heterocycles. The number of hydrogen-bond donors (Lipinski definition) is 0. The summed E-state index contributed by atoms with van der Waals surface area (Å²) < 4.78 is 15.5. The van der Waals surface area contributed by atoms with Gasteiger partial charge in [0.15, 0.2) is 6.29 Å². The van der Waals surface area contributed by atoms with Crippen LogP contribution in [0.2, 0.25) is 0 Å². The predicted molar refractivity (Wildman–Crippen MR) is 50.4 cm³/mol. The standard InChI is InChI=1S/C10H16O4/c1-7(2)10(11)14-8(3)13-9-5-4-6-12-9/h8-9H,1,4-6H2,2-3H3. The second-order valence-electron chi connectivity index (χ2n) is 3.33. The van der Waals surface area contributed by atoms with E-state index < -0.39 is 12.3 Å². The summed E-state index contributed by atoms with van der Waals surface area (Å²) >= 11 is 0. The fourth-order valence-corrected chi connectivity index (χ4v) is 1.15. The van der Waals surface area contributed by atoms with E-state index in [9.17, 15) is 4.79 Å². The number of esters is 1. The Hall–Kier alpha value is -0.870. The van der Waals surface area contributed by atoms with Crippen LogP contribution in [-0.4, -0.2) is 25.2 Å². The molecule has 1 rings (SSSR count). The third-order valence-electron chi connectivity index (χ3n) is 1.85. The lowest BCUT2D eigenvalue weighted by molar-refractivity contribution is -0.219. The van der Waals surface area contributed by atoms with Crippen molar-refractivity contribution in [3.8, 4) is 0 Å². The molecule has 0 aliphatic carbocycles. The number of hydrogen-bond acceptors (Lipinski definition) is 4. The monoisotopic (exact) mass is 200 g/mol. The number of carbonyl (C=O) groups is 1. The predicted octanol–water partition coefficient (Wildman–Crippen LogP) is 1.60. The number of rotatable bonds is 4. The minimum atomic E-state index is -0.581. The van der Waals surface area contributed by atoms with Crippen molar-refractivity contribution in [3.05, 3.63) is 12.2 Å². The van der Waals surface area contributed by atoms with E-state index in [1.165, 1.54) is 0 Å². The Morgan fingerprint density at radius 2 is 2.36 bits per heavy atom. The molecule has 1 aliphatic heterocycles. The third kappa shape index (κ3) is 3.47. The van der Waals surface area contributed by atoms with E-state index in [1.807, 2.05) is 0 Å². The summed E-state index contributed by atoms with van der Waals surface area (Å²) in [4.78, 5) is 11.1. The zero-order chi connectivity index (χ0) is 10.6. The van der Waals surface area contributed by atoms with Crippen LogP contribution in [0.15, 0.2) is 12.2 Å². The lowest BCUT2D eigenvalue weighted by atomic mass is 10.3. The van der Waals surface area contributed by atoms with Gasteiger partial charge >= 0.3 is 5.97 Å². The SMILES string of the molecule is C=C(C)C(=O)OC(C)OC1CCCO1. The first-order valence-corrected chi connectivity index (χ1v) is 4.73. The fraction of sp³-hybridized carbons (Fsp3) is 0.700. The second-order valence-corrected chi connectivity index (χ2v) is 3.33. The molecular formula is C10H16O4. The van der Waals surface area contributed by atoms with Crippen LogP contribution in [0.3, 0.4) is 0 Å². The van der Waals surface area contributed by atoms with Gasteiger partial charge in [0.1, 0.15) is 0 Å². The highest BCUT2D eigenvalue weighted by atomic mass is 16.8. The molecule has 0 radical (unpaired) electrons. The average molecular weight is 200 g/mol. The first-order valence-electron chi connectivity index (χ1n) is 4.73. The Morgan fingerprint density at radius 3 is 2.86 bits per heavy atom. The van der Waals surface area contributed by atoms with Crippen LogP contribution in [-0.2, 0) is 19.0 Å². The van der Waals surface area contributed by atoms with E-state index in [0.29, 0.717) is 12.2 Å². The Bertz CT molecular complexity index is 218. The Morgan fingerprint density at radius 1 is 1.64 bits per heavy atom. The summed E-state index contributed by atoms with van der Waals surface area (Å²) in [6.45, 7) is 7.46. The van der Waals surface area contributed by atoms with Gasteiger partial charge in [0, 0.05) is 18.6 Å². The molecule has 1 aliphatic rings. The highest BCUT2D eigenvalue weighted by Crippen LogP contribution is 2.15. The molecule has 0 N–H and O–H groups in total. The first-order chi connectivity index (χ1) is 6.59. The highest BCUT2D eigenvalue weighted by molar-refractivity contribution is 5.86. The molecule has 2 unspecified atom stereocenters. The van der Waals surface area contributed by atoms with E-state index in [2.05, 4.69) is 6.58 Å². The average Bonchev–Trinajstić information content (AvgIpc) is 2.56. The zero-order valence-electron chi connectivity index (χ0n) is 8.62. The van der Waals surface area contributed by atoms with E-state index in [4.69, 9.17) is 14.2 Å². The van der Waals surface area contributed by atoms with Gasteiger partial charge in [0.2, 0.25) is 6.29 Å². The maximum Gasteiger partial charge on any atom is 0.335 e. The largest absolute Gasteiger partial charge is 0.433 e. The molecule has 80 valence electrons. The maximum absolute atomic E-state index is 11.1. The Balaban J connectivity index is 2.24. The molecule has 0 saturated carbocycles. The van der Waals surface area contributed by atoms with Gasteiger partial charge < -0.3 is 14.2 Å². The van der Waals surface area contributed by atoms with E-state index in [1.54, 1.807) is 13.8 Å². The molecule has 4 nitrogen and oxygen atoms in total. The molecule has 0 bridgehead atoms. The summed E-state index contributed by atoms with van der Waals surface area (Å²) in [7, 11) is 0. The first kappa shape index (κ1) is 11.2. The minimum Gasteiger partial charge on any atom is -0.433 e. The fourth-order valence-electron chi connectivity index (χ4n) is 1.15. The maximum atomic E-state index is 11.1. The van der Waals surface area contributed by atoms with Crippen LogP contribution in [0.5, 0.6) is 0 Å². The lowest BCUT2D eigenvalue weighted by Gasteiger charge is -2.17. The summed E-state index contributed by atoms with van der Waals surface area (Å²) in [5.41, 5.74) is 0.368.